The third-order valence-electron chi connectivity index (χ3n) is 10.8. The van der Waals surface area contributed by atoms with E-state index in [1.165, 1.54) is 98.4 Å². The summed E-state index contributed by atoms with van der Waals surface area (Å²) < 4.78 is 0. The average Bonchev–Trinajstić information content (AvgIpc) is 3.69. The minimum atomic E-state index is 0.138. The first-order valence-electron chi connectivity index (χ1n) is 16.0. The van der Waals surface area contributed by atoms with Crippen molar-refractivity contribution in [3.63, 3.8) is 0 Å². The van der Waals surface area contributed by atoms with Gasteiger partial charge in [-0.2, -0.15) is 0 Å². The molecule has 0 radical (unpaired) electrons. The Bertz CT molecular complexity index is 2110. The van der Waals surface area contributed by atoms with E-state index in [9.17, 15) is 0 Å². The minimum Gasteiger partial charge on any atom is -0.311 e. The Morgan fingerprint density at radius 2 is 1.02 bits per heavy atom. The molecule has 0 unspecified atom stereocenters. The fourth-order valence-corrected chi connectivity index (χ4v) is 9.07. The van der Waals surface area contributed by atoms with Gasteiger partial charge < -0.3 is 9.80 Å². The van der Waals surface area contributed by atoms with Crippen LogP contribution in [0.25, 0.3) is 11.1 Å². The number of rotatable bonds is 2. The lowest BCUT2D eigenvalue weighted by molar-refractivity contribution is 0.550. The first-order chi connectivity index (χ1) is 21.8. The summed E-state index contributed by atoms with van der Waals surface area (Å²) in [5.41, 5.74) is 17.7. The number of nitrogens with zero attached hydrogens (tertiary/aromatic N) is 2. The van der Waals surface area contributed by atoms with Crippen LogP contribution in [0.2, 0.25) is 0 Å². The van der Waals surface area contributed by atoms with E-state index in [0.29, 0.717) is 0 Å². The van der Waals surface area contributed by atoms with Gasteiger partial charge in [-0.05, 0) is 100 Å². The van der Waals surface area contributed by atoms with E-state index in [2.05, 4.69) is 149 Å². The summed E-state index contributed by atoms with van der Waals surface area (Å²) in [5, 5.41) is 0. The monoisotopic (exact) mass is 562 g/mol. The van der Waals surface area contributed by atoms with Crippen molar-refractivity contribution in [1.82, 2.24) is 0 Å². The molecule has 4 aliphatic rings. The molecule has 44 heavy (non-hydrogen) atoms. The summed E-state index contributed by atoms with van der Waals surface area (Å²) in [6.45, 7) is 0.171. The van der Waals surface area contributed by atoms with Crippen molar-refractivity contribution < 1.29 is 0 Å². The van der Waals surface area contributed by atoms with Crippen molar-refractivity contribution in [1.29, 1.82) is 0 Å². The van der Waals surface area contributed by atoms with Crippen LogP contribution in [0, 0.1) is 0 Å². The second-order valence-electron chi connectivity index (χ2n) is 12.8. The fraction of sp³-hybridized carbons (Fsp3) is 0.122. The van der Waals surface area contributed by atoms with Crippen molar-refractivity contribution in [3.8, 4) is 11.1 Å². The number of anilines is 6. The Morgan fingerprint density at radius 1 is 0.455 bits per heavy atom. The smallest absolute Gasteiger partial charge is 0.252 e. The lowest BCUT2D eigenvalue weighted by atomic mass is 9.33. The van der Waals surface area contributed by atoms with Gasteiger partial charge in [0.05, 0.1) is 0 Å². The van der Waals surface area contributed by atoms with Crippen LogP contribution in [0.3, 0.4) is 0 Å². The summed E-state index contributed by atoms with van der Waals surface area (Å²) in [6, 6.07) is 52.3. The van der Waals surface area contributed by atoms with Gasteiger partial charge in [0, 0.05) is 39.5 Å². The number of para-hydroxylation sites is 3. The van der Waals surface area contributed by atoms with E-state index >= 15 is 0 Å². The van der Waals surface area contributed by atoms with Crippen LogP contribution in [0.5, 0.6) is 0 Å². The molecule has 2 nitrogen and oxygen atoms in total. The summed E-state index contributed by atoms with van der Waals surface area (Å²) in [5.74, 6) is 0. The second kappa shape index (κ2) is 9.00. The normalized spacial score (nSPS) is 16.3. The molecule has 2 heterocycles. The summed E-state index contributed by atoms with van der Waals surface area (Å²) in [7, 11) is 0. The van der Waals surface area contributed by atoms with Gasteiger partial charge in [-0.25, -0.2) is 0 Å². The standard InChI is InChI=1S/C41H31BN2/c1-2-13-28(14-3-1)43-36-19-8-6-17-34(36)42-35-18-7-9-20-37(35)44(39-22-12-21-38(43)40(39)42)29-23-24-31-30-15-4-5-16-32(30)41(33(31)27-29)25-10-11-26-41/h1-9,12-24,27H,10-11,25-26H2. The maximum atomic E-state index is 2.55. The largest absolute Gasteiger partial charge is 0.311 e. The van der Waals surface area contributed by atoms with Crippen LogP contribution >= 0.6 is 0 Å². The van der Waals surface area contributed by atoms with Crippen LogP contribution in [-0.4, -0.2) is 6.71 Å². The molecule has 2 aliphatic heterocycles. The molecule has 1 fully saturated rings. The van der Waals surface area contributed by atoms with Crippen LogP contribution in [0.15, 0.2) is 140 Å². The maximum absolute atomic E-state index is 2.55. The van der Waals surface area contributed by atoms with Crippen molar-refractivity contribution in [2.24, 2.45) is 0 Å². The molecule has 208 valence electrons. The molecule has 0 N–H and O–H groups in total. The van der Waals surface area contributed by atoms with Gasteiger partial charge in [0.2, 0.25) is 0 Å². The Balaban J connectivity index is 1.23. The van der Waals surface area contributed by atoms with Gasteiger partial charge in [-0.3, -0.25) is 0 Å². The number of hydrogen-bond acceptors (Lipinski definition) is 2. The number of hydrogen-bond donors (Lipinski definition) is 0. The molecule has 0 saturated heterocycles. The van der Waals surface area contributed by atoms with E-state index < -0.39 is 0 Å². The van der Waals surface area contributed by atoms with Gasteiger partial charge in [0.25, 0.3) is 6.71 Å². The van der Waals surface area contributed by atoms with Crippen molar-refractivity contribution in [2.45, 2.75) is 31.1 Å². The third kappa shape index (κ3) is 3.12. The van der Waals surface area contributed by atoms with E-state index in [0.717, 1.165) is 0 Å². The quantitative estimate of drug-likeness (QED) is 0.195. The Hall–Kier alpha value is -5.02. The maximum Gasteiger partial charge on any atom is 0.252 e. The molecular formula is C41H31BN2. The molecule has 0 bridgehead atoms. The second-order valence-corrected chi connectivity index (χ2v) is 12.8. The fourth-order valence-electron chi connectivity index (χ4n) is 9.07. The Kier molecular flexibility index (Phi) is 5.00. The van der Waals surface area contributed by atoms with E-state index in [1.54, 1.807) is 0 Å². The van der Waals surface area contributed by atoms with Crippen LogP contribution in [0.1, 0.15) is 36.8 Å². The molecule has 3 heteroatoms. The molecule has 1 spiro atoms. The molecule has 6 aromatic carbocycles. The van der Waals surface area contributed by atoms with Gasteiger partial charge in [-0.15, -0.1) is 0 Å². The van der Waals surface area contributed by atoms with E-state index in [4.69, 9.17) is 0 Å². The van der Waals surface area contributed by atoms with Crippen molar-refractivity contribution in [3.05, 3.63) is 151 Å². The van der Waals surface area contributed by atoms with Gasteiger partial charge in [0.1, 0.15) is 0 Å². The Labute approximate surface area is 259 Å². The first-order valence-corrected chi connectivity index (χ1v) is 16.0. The highest BCUT2D eigenvalue weighted by atomic mass is 15.2. The van der Waals surface area contributed by atoms with Gasteiger partial charge in [-0.1, -0.05) is 104 Å². The SMILES string of the molecule is c1ccc(N2c3ccccc3B3c4ccccc4N(c4ccc5c(c4)C4(CCCC4)c4ccccc4-5)c4cccc2c43)cc1. The number of benzene rings is 6. The van der Waals surface area contributed by atoms with Crippen molar-refractivity contribution >= 4 is 57.2 Å². The third-order valence-corrected chi connectivity index (χ3v) is 10.8. The molecule has 0 amide bonds. The zero-order chi connectivity index (χ0) is 28.8. The first kappa shape index (κ1) is 24.4. The van der Waals surface area contributed by atoms with Crippen molar-refractivity contribution in [2.75, 3.05) is 9.80 Å². The highest BCUT2D eigenvalue weighted by Crippen LogP contribution is 2.58. The van der Waals surface area contributed by atoms with Crippen LogP contribution < -0.4 is 26.2 Å². The lowest BCUT2D eigenvalue weighted by Crippen LogP contribution is -2.61. The predicted octanol–water partition coefficient (Wildman–Crippen LogP) is 8.61. The zero-order valence-corrected chi connectivity index (χ0v) is 24.6. The van der Waals surface area contributed by atoms with Crippen LogP contribution in [-0.2, 0) is 5.41 Å². The molecular weight excluding hydrogens is 531 g/mol. The minimum absolute atomic E-state index is 0.138. The average molecular weight is 563 g/mol. The van der Waals surface area contributed by atoms with Gasteiger partial charge in [0.15, 0.2) is 0 Å². The molecule has 1 saturated carbocycles. The Morgan fingerprint density at radius 3 is 1.75 bits per heavy atom. The highest BCUT2D eigenvalue weighted by Gasteiger charge is 2.46. The molecule has 0 atom stereocenters. The molecule has 0 aromatic heterocycles. The molecule has 2 aliphatic carbocycles. The number of fused-ring (bicyclic) bond motifs is 9. The zero-order valence-electron chi connectivity index (χ0n) is 24.6. The summed E-state index contributed by atoms with van der Waals surface area (Å²) >= 11 is 0. The molecule has 6 aromatic rings. The highest BCUT2D eigenvalue weighted by molar-refractivity contribution is 7.00. The van der Waals surface area contributed by atoms with E-state index in [1.807, 2.05) is 0 Å². The molecule has 10 rings (SSSR count). The summed E-state index contributed by atoms with van der Waals surface area (Å²) in [6.07, 6.45) is 5.08. The van der Waals surface area contributed by atoms with Gasteiger partial charge >= 0.3 is 0 Å². The topological polar surface area (TPSA) is 6.48 Å². The van der Waals surface area contributed by atoms with E-state index in [-0.39, 0.29) is 12.1 Å². The van der Waals surface area contributed by atoms with Crippen LogP contribution in [0.4, 0.5) is 34.1 Å². The summed E-state index contributed by atoms with van der Waals surface area (Å²) in [4.78, 5) is 5.01. The lowest BCUT2D eigenvalue weighted by Gasteiger charge is -2.44. The predicted molar refractivity (Wildman–Crippen MR) is 185 cm³/mol.